The predicted octanol–water partition coefficient (Wildman–Crippen LogP) is 11.8. The monoisotopic (exact) mass is 573 g/mol. The van der Waals surface area contributed by atoms with E-state index in [-0.39, 0.29) is 0 Å². The second-order valence-corrected chi connectivity index (χ2v) is 11.5. The number of rotatable bonds is 6. The highest BCUT2D eigenvalue weighted by Crippen LogP contribution is 2.35. The van der Waals surface area contributed by atoms with Crippen molar-refractivity contribution in [3.63, 3.8) is 0 Å². The van der Waals surface area contributed by atoms with Gasteiger partial charge in [0.2, 0.25) is 0 Å². The van der Waals surface area contributed by atoms with Gasteiger partial charge in [0.25, 0.3) is 0 Å². The van der Waals surface area contributed by atoms with Gasteiger partial charge in [-0.25, -0.2) is 0 Å². The van der Waals surface area contributed by atoms with Gasteiger partial charge in [-0.3, -0.25) is 0 Å². The van der Waals surface area contributed by atoms with Crippen molar-refractivity contribution < 1.29 is 0 Å². The van der Waals surface area contributed by atoms with Crippen LogP contribution in [0.1, 0.15) is 11.1 Å². The molecule has 1 nitrogen and oxygen atoms in total. The predicted molar refractivity (Wildman–Crippen MR) is 192 cm³/mol. The van der Waals surface area contributed by atoms with Gasteiger partial charge in [0.1, 0.15) is 0 Å². The molecule has 0 aliphatic heterocycles. The molecule has 0 fully saturated rings. The second-order valence-electron chi connectivity index (χ2n) is 11.5. The van der Waals surface area contributed by atoms with Crippen LogP contribution in [-0.4, -0.2) is 4.57 Å². The lowest BCUT2D eigenvalue weighted by atomic mass is 9.94. The largest absolute Gasteiger partial charge is 0.309 e. The molecular weight excluding hydrogens is 542 g/mol. The zero-order valence-corrected chi connectivity index (χ0v) is 24.9. The van der Waals surface area contributed by atoms with Crippen molar-refractivity contribution in [2.45, 2.75) is 0 Å². The van der Waals surface area contributed by atoms with Crippen molar-refractivity contribution in [1.82, 2.24) is 4.57 Å². The van der Waals surface area contributed by atoms with Gasteiger partial charge in [0.15, 0.2) is 0 Å². The van der Waals surface area contributed by atoms with Gasteiger partial charge in [0.05, 0.1) is 11.0 Å². The molecule has 8 rings (SSSR count). The maximum atomic E-state index is 4.40. The van der Waals surface area contributed by atoms with Gasteiger partial charge in [-0.2, -0.15) is 0 Å². The number of nitrogens with zero attached hydrogens (tertiary/aromatic N) is 1. The van der Waals surface area contributed by atoms with Gasteiger partial charge in [-0.05, 0) is 74.3 Å². The number of hydrogen-bond acceptors (Lipinski definition) is 0. The first kappa shape index (κ1) is 26.7. The number of para-hydroxylation sites is 2. The van der Waals surface area contributed by atoms with Crippen LogP contribution >= 0.6 is 0 Å². The molecule has 7 aromatic carbocycles. The van der Waals surface area contributed by atoms with Gasteiger partial charge in [0, 0.05) is 16.5 Å². The average Bonchev–Trinajstić information content (AvgIpc) is 3.46. The summed E-state index contributed by atoms with van der Waals surface area (Å²) in [5.74, 6) is 0. The van der Waals surface area contributed by atoms with Crippen LogP contribution in [0.3, 0.4) is 0 Å². The molecule has 0 saturated carbocycles. The summed E-state index contributed by atoms with van der Waals surface area (Å²) in [5.41, 5.74) is 14.1. The van der Waals surface area contributed by atoms with E-state index in [1.165, 1.54) is 60.9 Å². The highest BCUT2D eigenvalue weighted by molar-refractivity contribution is 6.10. The highest BCUT2D eigenvalue weighted by atomic mass is 15.0. The molecule has 0 aliphatic rings. The molecule has 1 heterocycles. The smallest absolute Gasteiger partial charge is 0.0547 e. The Morgan fingerprint density at radius 1 is 0.356 bits per heavy atom. The Kier molecular flexibility index (Phi) is 6.70. The van der Waals surface area contributed by atoms with Crippen LogP contribution in [0.15, 0.2) is 183 Å². The molecule has 0 spiro atoms. The fourth-order valence-corrected chi connectivity index (χ4v) is 6.39. The lowest BCUT2D eigenvalue weighted by Crippen LogP contribution is -1.93. The van der Waals surface area contributed by atoms with Gasteiger partial charge < -0.3 is 4.57 Å². The second kappa shape index (κ2) is 11.3. The fourth-order valence-electron chi connectivity index (χ4n) is 6.39. The maximum Gasteiger partial charge on any atom is 0.0547 e. The molecule has 45 heavy (non-hydrogen) atoms. The van der Waals surface area contributed by atoms with Crippen LogP contribution in [0.5, 0.6) is 0 Å². The topological polar surface area (TPSA) is 4.93 Å². The van der Waals surface area contributed by atoms with Crippen molar-refractivity contribution in [3.8, 4) is 39.1 Å². The van der Waals surface area contributed by atoms with Crippen molar-refractivity contribution >= 4 is 27.4 Å². The number of benzene rings is 7. The summed E-state index contributed by atoms with van der Waals surface area (Å²) in [6.45, 7) is 4.40. The fraction of sp³-hybridized carbons (Fsp3) is 0. The van der Waals surface area contributed by atoms with E-state index in [2.05, 4.69) is 181 Å². The molecule has 0 unspecified atom stereocenters. The van der Waals surface area contributed by atoms with Crippen molar-refractivity contribution in [1.29, 1.82) is 0 Å². The SMILES string of the molecule is C=C(c1ccc(-c2ccccc2)cc1)c1ccc(-c2ccc(-c3ccc4c5ccccc5n(-c5ccccc5)c4c3)cc2)cc1. The maximum absolute atomic E-state index is 4.40. The summed E-state index contributed by atoms with van der Waals surface area (Å²) in [6, 6.07) is 62.9. The first-order chi connectivity index (χ1) is 22.2. The molecule has 0 saturated heterocycles. The Labute approximate surface area is 264 Å². The van der Waals surface area contributed by atoms with E-state index < -0.39 is 0 Å². The third-order valence-electron chi connectivity index (χ3n) is 8.81. The van der Waals surface area contributed by atoms with E-state index in [0.717, 1.165) is 16.7 Å². The molecule has 8 aromatic rings. The third kappa shape index (κ3) is 4.95. The van der Waals surface area contributed by atoms with E-state index in [9.17, 15) is 0 Å². The normalized spacial score (nSPS) is 11.2. The van der Waals surface area contributed by atoms with Crippen molar-refractivity contribution in [3.05, 3.63) is 194 Å². The Morgan fingerprint density at radius 2 is 0.778 bits per heavy atom. The van der Waals surface area contributed by atoms with E-state index in [1.54, 1.807) is 0 Å². The Hall–Kier alpha value is -5.92. The summed E-state index contributed by atoms with van der Waals surface area (Å²) >= 11 is 0. The average molecular weight is 574 g/mol. The quantitative estimate of drug-likeness (QED) is 0.186. The van der Waals surface area contributed by atoms with Gasteiger partial charge in [-0.15, -0.1) is 0 Å². The minimum Gasteiger partial charge on any atom is -0.309 e. The first-order valence-electron chi connectivity index (χ1n) is 15.4. The van der Waals surface area contributed by atoms with Gasteiger partial charge >= 0.3 is 0 Å². The number of hydrogen-bond donors (Lipinski definition) is 0. The number of fused-ring (bicyclic) bond motifs is 3. The summed E-state index contributed by atoms with van der Waals surface area (Å²) in [4.78, 5) is 0. The standard InChI is InChI=1S/C44H31N/c1-31(32-16-20-35(21-17-32)34-10-4-2-5-11-34)33-18-22-36(23-19-33)37-24-26-38(27-25-37)39-28-29-42-41-14-8-9-15-43(41)45(44(42)30-39)40-12-6-3-7-13-40/h2-30H,1H2. The van der Waals surface area contributed by atoms with Crippen LogP contribution in [0.4, 0.5) is 0 Å². The zero-order chi connectivity index (χ0) is 30.2. The Bertz CT molecular complexity index is 2270. The number of aromatic nitrogens is 1. The lowest BCUT2D eigenvalue weighted by Gasteiger charge is -2.10. The van der Waals surface area contributed by atoms with Crippen LogP contribution < -0.4 is 0 Å². The van der Waals surface area contributed by atoms with Gasteiger partial charge in [-0.1, -0.05) is 158 Å². The molecule has 1 aromatic heterocycles. The molecule has 0 radical (unpaired) electrons. The Balaban J connectivity index is 1.05. The van der Waals surface area contributed by atoms with E-state index >= 15 is 0 Å². The summed E-state index contributed by atoms with van der Waals surface area (Å²) < 4.78 is 2.37. The highest BCUT2D eigenvalue weighted by Gasteiger charge is 2.13. The summed E-state index contributed by atoms with van der Waals surface area (Å²) in [6.07, 6.45) is 0. The molecule has 0 bridgehead atoms. The minimum atomic E-state index is 1.03. The van der Waals surface area contributed by atoms with Crippen LogP contribution in [0.2, 0.25) is 0 Å². The molecule has 0 atom stereocenters. The molecule has 0 amide bonds. The summed E-state index contributed by atoms with van der Waals surface area (Å²) in [5, 5.41) is 2.54. The molecule has 1 heteroatoms. The molecule has 0 aliphatic carbocycles. The van der Waals surface area contributed by atoms with Crippen LogP contribution in [0, 0.1) is 0 Å². The lowest BCUT2D eigenvalue weighted by molar-refractivity contribution is 1.18. The van der Waals surface area contributed by atoms with E-state index in [1.807, 2.05) is 6.07 Å². The molecule has 212 valence electrons. The Morgan fingerprint density at radius 3 is 1.38 bits per heavy atom. The zero-order valence-electron chi connectivity index (χ0n) is 24.9. The molecular formula is C44H31N. The summed E-state index contributed by atoms with van der Waals surface area (Å²) in [7, 11) is 0. The van der Waals surface area contributed by atoms with Crippen LogP contribution in [-0.2, 0) is 0 Å². The van der Waals surface area contributed by atoms with E-state index in [0.29, 0.717) is 0 Å². The van der Waals surface area contributed by atoms with Crippen molar-refractivity contribution in [2.75, 3.05) is 0 Å². The van der Waals surface area contributed by atoms with Crippen molar-refractivity contribution in [2.24, 2.45) is 0 Å². The first-order valence-corrected chi connectivity index (χ1v) is 15.4. The van der Waals surface area contributed by atoms with Crippen LogP contribution in [0.25, 0.3) is 66.4 Å². The van der Waals surface area contributed by atoms with E-state index in [4.69, 9.17) is 0 Å². The third-order valence-corrected chi connectivity index (χ3v) is 8.81. The molecule has 0 N–H and O–H groups in total. The minimum absolute atomic E-state index is 1.03.